The van der Waals surface area contributed by atoms with Crippen molar-refractivity contribution in [2.75, 3.05) is 13.1 Å². The molecule has 1 fully saturated rings. The molecule has 2 atom stereocenters. The van der Waals surface area contributed by atoms with Crippen molar-refractivity contribution in [1.82, 2.24) is 4.90 Å². The molecule has 1 aliphatic heterocycles. The lowest BCUT2D eigenvalue weighted by molar-refractivity contribution is -0.149. The topological polar surface area (TPSA) is 57.6 Å². The van der Waals surface area contributed by atoms with Crippen LogP contribution in [-0.2, 0) is 21.4 Å². The third-order valence-corrected chi connectivity index (χ3v) is 5.13. The molecule has 1 aromatic carbocycles. The monoisotopic (exact) mass is 317 g/mol. The maximum absolute atomic E-state index is 13.0. The minimum absolute atomic E-state index is 0.0107. The number of carboxylic acid groups (broad SMARTS) is 1. The zero-order chi connectivity index (χ0) is 17.2. The number of benzene rings is 1. The third-order valence-electron chi connectivity index (χ3n) is 5.13. The first kappa shape index (κ1) is 17.5. The highest BCUT2D eigenvalue weighted by Crippen LogP contribution is 2.30. The molecule has 4 nitrogen and oxygen atoms in total. The second-order valence-electron chi connectivity index (χ2n) is 7.14. The number of hydrogen-bond donors (Lipinski definition) is 1. The number of rotatable bonds is 4. The molecule has 1 aliphatic rings. The largest absolute Gasteiger partial charge is 0.481 e. The van der Waals surface area contributed by atoms with Gasteiger partial charge in [0, 0.05) is 13.1 Å². The van der Waals surface area contributed by atoms with Crippen LogP contribution in [0.3, 0.4) is 0 Å². The van der Waals surface area contributed by atoms with Crippen LogP contribution in [0.25, 0.3) is 0 Å². The fourth-order valence-corrected chi connectivity index (χ4v) is 3.37. The van der Waals surface area contributed by atoms with E-state index in [-0.39, 0.29) is 17.7 Å². The van der Waals surface area contributed by atoms with Crippen LogP contribution in [0.5, 0.6) is 0 Å². The van der Waals surface area contributed by atoms with Gasteiger partial charge in [-0.25, -0.2) is 0 Å². The van der Waals surface area contributed by atoms with Crippen LogP contribution in [0.1, 0.15) is 45.2 Å². The van der Waals surface area contributed by atoms with Gasteiger partial charge < -0.3 is 10.0 Å². The molecule has 0 spiro atoms. The maximum atomic E-state index is 13.0. The summed E-state index contributed by atoms with van der Waals surface area (Å²) in [5.74, 6) is -1.02. The zero-order valence-corrected chi connectivity index (χ0v) is 14.5. The molecule has 2 rings (SSSR count). The second kappa shape index (κ2) is 6.73. The Kier molecular flexibility index (Phi) is 5.12. The number of amides is 1. The Bertz CT molecular complexity index is 577. The quantitative estimate of drug-likeness (QED) is 0.928. The Morgan fingerprint density at radius 1 is 1.26 bits per heavy atom. The van der Waals surface area contributed by atoms with Crippen molar-refractivity contribution in [3.8, 4) is 0 Å². The van der Waals surface area contributed by atoms with Crippen LogP contribution in [0, 0.1) is 11.8 Å². The first-order valence-electron chi connectivity index (χ1n) is 8.39. The van der Waals surface area contributed by atoms with E-state index in [4.69, 9.17) is 0 Å². The van der Waals surface area contributed by atoms with Crippen molar-refractivity contribution in [1.29, 1.82) is 0 Å². The summed E-state index contributed by atoms with van der Waals surface area (Å²) in [5.41, 5.74) is 1.67. The van der Waals surface area contributed by atoms with E-state index in [0.29, 0.717) is 19.5 Å². The van der Waals surface area contributed by atoms with E-state index in [0.717, 1.165) is 12.0 Å². The third kappa shape index (κ3) is 3.57. The van der Waals surface area contributed by atoms with Gasteiger partial charge in [-0.3, -0.25) is 9.59 Å². The van der Waals surface area contributed by atoms with Crippen molar-refractivity contribution in [3.05, 3.63) is 35.4 Å². The molecule has 1 N–H and O–H groups in total. The molecule has 0 radical (unpaired) electrons. The summed E-state index contributed by atoms with van der Waals surface area (Å²) in [6.45, 7) is 8.97. The zero-order valence-electron chi connectivity index (χ0n) is 14.5. The van der Waals surface area contributed by atoms with Gasteiger partial charge in [-0.05, 0) is 43.7 Å². The summed E-state index contributed by atoms with van der Waals surface area (Å²) in [4.78, 5) is 26.0. The van der Waals surface area contributed by atoms with Crippen LogP contribution < -0.4 is 0 Å². The maximum Gasteiger partial charge on any atom is 0.306 e. The molecular weight excluding hydrogens is 290 g/mol. The van der Waals surface area contributed by atoms with Crippen LogP contribution in [-0.4, -0.2) is 35.0 Å². The lowest BCUT2D eigenvalue weighted by Gasteiger charge is -2.39. The fourth-order valence-electron chi connectivity index (χ4n) is 3.37. The predicted octanol–water partition coefficient (Wildman–Crippen LogP) is 3.10. The number of hydrogen-bond acceptors (Lipinski definition) is 2. The summed E-state index contributed by atoms with van der Waals surface area (Å²) < 4.78 is 0. The molecular formula is C19H27NO3. The molecule has 1 amide bonds. The minimum Gasteiger partial charge on any atom is -0.481 e. The first-order valence-corrected chi connectivity index (χ1v) is 8.39. The van der Waals surface area contributed by atoms with Crippen LogP contribution >= 0.6 is 0 Å². The highest BCUT2D eigenvalue weighted by Gasteiger charge is 2.39. The predicted molar refractivity (Wildman–Crippen MR) is 90.3 cm³/mol. The molecule has 0 aromatic heterocycles. The Hall–Kier alpha value is -1.84. The summed E-state index contributed by atoms with van der Waals surface area (Å²) in [6, 6.07) is 8.21. The van der Waals surface area contributed by atoms with Crippen molar-refractivity contribution in [2.45, 2.75) is 46.0 Å². The van der Waals surface area contributed by atoms with E-state index in [1.807, 2.05) is 37.8 Å². The first-order chi connectivity index (χ1) is 10.8. The highest BCUT2D eigenvalue weighted by molar-refractivity contribution is 5.87. The van der Waals surface area contributed by atoms with Crippen molar-refractivity contribution in [2.24, 2.45) is 11.8 Å². The van der Waals surface area contributed by atoms with E-state index in [9.17, 15) is 14.7 Å². The second-order valence-corrected chi connectivity index (χ2v) is 7.14. The van der Waals surface area contributed by atoms with E-state index in [2.05, 4.69) is 19.1 Å². The minimum atomic E-state index is -0.751. The Morgan fingerprint density at radius 3 is 2.35 bits per heavy atom. The summed E-state index contributed by atoms with van der Waals surface area (Å²) in [7, 11) is 0. The van der Waals surface area contributed by atoms with E-state index >= 15 is 0 Å². The van der Waals surface area contributed by atoms with Crippen molar-refractivity contribution in [3.63, 3.8) is 0 Å². The number of nitrogens with zero attached hydrogens (tertiary/aromatic N) is 1. The van der Waals surface area contributed by atoms with E-state index < -0.39 is 11.4 Å². The summed E-state index contributed by atoms with van der Waals surface area (Å²) >= 11 is 0. The van der Waals surface area contributed by atoms with Gasteiger partial charge >= 0.3 is 5.97 Å². The Morgan fingerprint density at radius 2 is 1.87 bits per heavy atom. The number of piperidine rings is 1. The van der Waals surface area contributed by atoms with Crippen molar-refractivity contribution < 1.29 is 14.7 Å². The molecule has 0 aliphatic carbocycles. The Balaban J connectivity index is 2.13. The van der Waals surface area contributed by atoms with Gasteiger partial charge in [0.1, 0.15) is 0 Å². The van der Waals surface area contributed by atoms with Gasteiger partial charge in [0.05, 0.1) is 11.3 Å². The van der Waals surface area contributed by atoms with Crippen LogP contribution in [0.2, 0.25) is 0 Å². The van der Waals surface area contributed by atoms with Gasteiger partial charge in [-0.1, -0.05) is 38.1 Å². The molecule has 0 saturated carbocycles. The number of carbonyl (C=O) groups excluding carboxylic acids is 1. The summed E-state index contributed by atoms with van der Waals surface area (Å²) in [6.07, 6.45) is 1.52. The van der Waals surface area contributed by atoms with Gasteiger partial charge in [0.2, 0.25) is 5.91 Å². The summed E-state index contributed by atoms with van der Waals surface area (Å²) in [5, 5.41) is 9.22. The lowest BCUT2D eigenvalue weighted by atomic mass is 9.80. The van der Waals surface area contributed by atoms with E-state index in [1.54, 1.807) is 0 Å². The van der Waals surface area contributed by atoms with Gasteiger partial charge in [0.15, 0.2) is 0 Å². The standard InChI is InChI=1S/C19H27NO3/c1-5-14-6-8-15(9-7-14)19(3,4)18(23)20-11-10-16(17(21)22)13(2)12-20/h6-9,13,16H,5,10-12H2,1-4H3,(H,21,22). The van der Waals surface area contributed by atoms with Crippen molar-refractivity contribution >= 4 is 11.9 Å². The van der Waals surface area contributed by atoms with Gasteiger partial charge in [0.25, 0.3) is 0 Å². The molecule has 23 heavy (non-hydrogen) atoms. The van der Waals surface area contributed by atoms with E-state index in [1.165, 1.54) is 5.56 Å². The normalized spacial score (nSPS) is 22.0. The molecule has 1 heterocycles. The van der Waals surface area contributed by atoms with Gasteiger partial charge in [-0.2, -0.15) is 0 Å². The average molecular weight is 317 g/mol. The fraction of sp³-hybridized carbons (Fsp3) is 0.579. The van der Waals surface area contributed by atoms with Gasteiger partial charge in [-0.15, -0.1) is 0 Å². The molecule has 0 bridgehead atoms. The average Bonchev–Trinajstić information content (AvgIpc) is 2.53. The molecule has 1 aromatic rings. The lowest BCUT2D eigenvalue weighted by Crippen LogP contribution is -2.50. The number of likely N-dealkylation sites (tertiary alicyclic amines) is 1. The highest BCUT2D eigenvalue weighted by atomic mass is 16.4. The molecule has 1 saturated heterocycles. The SMILES string of the molecule is CCc1ccc(C(C)(C)C(=O)N2CCC(C(=O)O)C(C)C2)cc1. The van der Waals surface area contributed by atoms with Crippen LogP contribution in [0.15, 0.2) is 24.3 Å². The molecule has 2 unspecified atom stereocenters. The number of aliphatic carboxylic acids is 1. The smallest absolute Gasteiger partial charge is 0.306 e. The molecule has 4 heteroatoms. The Labute approximate surface area is 138 Å². The molecule has 126 valence electrons. The number of aryl methyl sites for hydroxylation is 1. The van der Waals surface area contributed by atoms with Crippen LogP contribution in [0.4, 0.5) is 0 Å². The number of carbonyl (C=O) groups is 2. The number of carboxylic acids is 1.